The van der Waals surface area contributed by atoms with Crippen molar-refractivity contribution < 1.29 is 103 Å². The van der Waals surface area contributed by atoms with Gasteiger partial charge in [-0.2, -0.15) is 0 Å². The second-order valence-electron chi connectivity index (χ2n) is 8.38. The van der Waals surface area contributed by atoms with Crippen molar-refractivity contribution in [1.29, 1.82) is 0 Å². The fraction of sp³-hybridized carbons (Fsp3) is 0.619. The molecule has 0 saturated carbocycles. The molecular weight excluding hydrogens is 617 g/mol. The maximum Gasteiger partial charge on any atom is 1.00 e. The maximum absolute atomic E-state index is 12.2. The molecule has 39 heavy (non-hydrogen) atoms. The minimum atomic E-state index is -6.05. The van der Waals surface area contributed by atoms with Crippen molar-refractivity contribution in [2.45, 2.75) is 50.2 Å². The molecule has 2 atom stereocenters. The maximum atomic E-state index is 12.2. The van der Waals surface area contributed by atoms with Crippen LogP contribution >= 0.6 is 38.4 Å². The fourth-order valence-corrected chi connectivity index (χ4v) is 5.98. The molecule has 1 aromatic carbocycles. The number of carbonyl (C=O) groups excluding carboxylic acids is 2. The van der Waals surface area contributed by atoms with Crippen molar-refractivity contribution in [1.82, 2.24) is 10.6 Å². The molecule has 1 aromatic rings. The first-order valence-electron chi connectivity index (χ1n) is 11.5. The first-order chi connectivity index (χ1) is 17.2. The van der Waals surface area contributed by atoms with Crippen LogP contribution in [0.4, 0.5) is 5.69 Å². The normalized spacial score (nSPS) is 13.7. The molecule has 18 heteroatoms. The second kappa shape index (κ2) is 19.9. The van der Waals surface area contributed by atoms with Crippen molar-refractivity contribution in [3.8, 4) is 0 Å². The van der Waals surface area contributed by atoms with Gasteiger partial charge in [0, 0.05) is 43.5 Å². The van der Waals surface area contributed by atoms with Crippen LogP contribution in [0, 0.1) is 0 Å². The second-order valence-corrected chi connectivity index (χ2v) is 13.1. The number of nitrogens with one attached hydrogen (secondary N) is 2. The molecule has 1 rings (SSSR count). The number of anilines is 1. The molecule has 0 fully saturated rings. The molecule has 0 radical (unpaired) electrons. The summed E-state index contributed by atoms with van der Waals surface area (Å²) in [5, 5.41) is 10.8. The van der Waals surface area contributed by atoms with E-state index in [0.717, 1.165) is 11.3 Å². The van der Waals surface area contributed by atoms with Gasteiger partial charge in [-0.1, -0.05) is 12.1 Å². The van der Waals surface area contributed by atoms with Crippen LogP contribution in [0.15, 0.2) is 24.3 Å². The Morgan fingerprint density at radius 2 is 1.59 bits per heavy atom. The van der Waals surface area contributed by atoms with Gasteiger partial charge >= 0.3 is 66.7 Å². The molecule has 0 spiro atoms. The number of hydrogen-bond donors (Lipinski definition) is 5. The number of benzene rings is 1. The zero-order valence-corrected chi connectivity index (χ0v) is 29.6. The Labute approximate surface area is 282 Å². The molecule has 0 saturated heterocycles. The standard InChI is InChI=1S/C21H35Cl2N3O9P2.2Na/c1-16(20(28)24-13-3-10-21(29,36(30,31)32)37(33,34)35)25-19(27)5-2-4-17-6-8-18(9-7-17)26(14-11-22)15-12-23;;/h6-9,16,29H,2-5,10-15H2,1H3,(H,24,28)(H,25,27)(H2,30,31,32)(H2,33,34,35);;/q;2*+1/p-2/t16-;;/m0../s1. The van der Waals surface area contributed by atoms with Crippen LogP contribution in [-0.2, 0) is 25.1 Å². The number of alkyl halides is 2. The molecule has 0 heterocycles. The Bertz CT molecular complexity index is 956. The van der Waals surface area contributed by atoms with Gasteiger partial charge in [-0.3, -0.25) is 14.2 Å². The summed E-state index contributed by atoms with van der Waals surface area (Å²) in [4.78, 5) is 66.7. The molecule has 0 aliphatic heterocycles. The Balaban J connectivity index is 0. The third-order valence-electron chi connectivity index (χ3n) is 5.54. The number of carbonyl (C=O) groups is 2. The van der Waals surface area contributed by atoms with Gasteiger partial charge in [-0.05, 0) is 57.9 Å². The van der Waals surface area contributed by atoms with Crippen LogP contribution in [-0.4, -0.2) is 69.2 Å². The van der Waals surface area contributed by atoms with Crippen LogP contribution in [0.5, 0.6) is 0 Å². The first kappa shape index (κ1) is 41.9. The number of aryl methyl sites for hydroxylation is 1. The predicted octanol–water partition coefficient (Wildman–Crippen LogP) is -5.56. The summed E-state index contributed by atoms with van der Waals surface area (Å²) in [7, 11) is -11.7. The van der Waals surface area contributed by atoms with Gasteiger partial charge in [-0.15, -0.1) is 23.2 Å². The zero-order valence-electron chi connectivity index (χ0n) is 22.3. The molecule has 2 amide bonds. The van der Waals surface area contributed by atoms with E-state index in [1.165, 1.54) is 6.92 Å². The summed E-state index contributed by atoms with van der Waals surface area (Å²) >= 11 is 11.7. The summed E-state index contributed by atoms with van der Waals surface area (Å²) in [6, 6.07) is 6.92. The average Bonchev–Trinajstić information content (AvgIpc) is 2.80. The number of amides is 2. The summed E-state index contributed by atoms with van der Waals surface area (Å²) in [6.07, 6.45) is -0.123. The Morgan fingerprint density at radius 1 is 1.05 bits per heavy atom. The van der Waals surface area contributed by atoms with E-state index in [9.17, 15) is 33.6 Å². The molecule has 5 N–H and O–H groups in total. The molecular formula is C21H33Cl2N3Na2O9P2. The number of nitrogens with zero attached hydrogens (tertiary/aromatic N) is 1. The topological polar surface area (TPSA) is 202 Å². The molecule has 12 nitrogen and oxygen atoms in total. The summed E-state index contributed by atoms with van der Waals surface area (Å²) in [6.45, 7) is 2.49. The third kappa shape index (κ3) is 14.2. The van der Waals surface area contributed by atoms with Crippen molar-refractivity contribution >= 4 is 55.9 Å². The SMILES string of the molecule is C[C@H](NC(=O)CCCc1ccc(N(CCCl)CCCl)cc1)C(=O)NCCCC(O)(P(=O)([O-])[O-])P(=O)(O)O.[Na+].[Na+]. The quantitative estimate of drug-likeness (QED) is 0.0469. The minimum absolute atomic E-state index is 0. The van der Waals surface area contributed by atoms with E-state index in [4.69, 9.17) is 33.0 Å². The van der Waals surface area contributed by atoms with Gasteiger partial charge < -0.3 is 44.8 Å². The molecule has 1 unspecified atom stereocenters. The number of hydrogen-bond acceptors (Lipinski definition) is 8. The smallest absolute Gasteiger partial charge is 0.808 e. The van der Waals surface area contributed by atoms with Gasteiger partial charge in [0.25, 0.3) is 0 Å². The third-order valence-corrected chi connectivity index (χ3v) is 9.66. The molecule has 0 aliphatic rings. The van der Waals surface area contributed by atoms with Crippen LogP contribution < -0.4 is 84.4 Å². The molecule has 0 aliphatic carbocycles. The predicted molar refractivity (Wildman–Crippen MR) is 137 cm³/mol. The number of aliphatic hydroxyl groups is 1. The molecule has 0 bridgehead atoms. The van der Waals surface area contributed by atoms with Crippen molar-refractivity contribution in [3.63, 3.8) is 0 Å². The summed E-state index contributed by atoms with van der Waals surface area (Å²) in [5.74, 6) is -0.0226. The van der Waals surface area contributed by atoms with Crippen molar-refractivity contribution in [3.05, 3.63) is 29.8 Å². The number of halogens is 2. The monoisotopic (exact) mass is 649 g/mol. The van der Waals surface area contributed by atoms with E-state index in [-0.39, 0.29) is 78.0 Å². The summed E-state index contributed by atoms with van der Waals surface area (Å²) < 4.78 is 22.4. The van der Waals surface area contributed by atoms with E-state index < -0.39 is 45.1 Å². The molecule has 0 aromatic heterocycles. The minimum Gasteiger partial charge on any atom is -0.808 e. The van der Waals surface area contributed by atoms with E-state index >= 15 is 0 Å². The van der Waals surface area contributed by atoms with Crippen LogP contribution in [0.2, 0.25) is 0 Å². The van der Waals surface area contributed by atoms with Crippen LogP contribution in [0.3, 0.4) is 0 Å². The Hall–Kier alpha value is 0.800. The van der Waals surface area contributed by atoms with Gasteiger partial charge in [0.15, 0.2) is 5.08 Å². The van der Waals surface area contributed by atoms with Gasteiger partial charge in [0.2, 0.25) is 11.8 Å². The van der Waals surface area contributed by atoms with Crippen molar-refractivity contribution in [2.24, 2.45) is 0 Å². The van der Waals surface area contributed by atoms with Crippen LogP contribution in [0.25, 0.3) is 0 Å². The van der Waals surface area contributed by atoms with E-state index in [1.54, 1.807) is 0 Å². The first-order valence-corrected chi connectivity index (χ1v) is 15.7. The largest absolute Gasteiger partial charge is 1.00 e. The van der Waals surface area contributed by atoms with E-state index in [2.05, 4.69) is 15.5 Å². The van der Waals surface area contributed by atoms with Crippen LogP contribution in [0.1, 0.15) is 38.2 Å². The summed E-state index contributed by atoms with van der Waals surface area (Å²) in [5.41, 5.74) is 2.04. The van der Waals surface area contributed by atoms with E-state index in [1.807, 2.05) is 24.3 Å². The van der Waals surface area contributed by atoms with E-state index in [0.29, 0.717) is 37.7 Å². The average molecular weight is 650 g/mol. The fourth-order valence-electron chi connectivity index (χ4n) is 3.41. The van der Waals surface area contributed by atoms with Crippen molar-refractivity contribution in [2.75, 3.05) is 36.3 Å². The number of rotatable bonds is 17. The Kier molecular flexibility index (Phi) is 21.4. The zero-order chi connectivity index (χ0) is 28.3. The molecule has 212 valence electrons. The van der Waals surface area contributed by atoms with Gasteiger partial charge in [-0.25, -0.2) is 0 Å². The van der Waals surface area contributed by atoms with Gasteiger partial charge in [0.05, 0.1) is 0 Å². The van der Waals surface area contributed by atoms with Gasteiger partial charge in [0.1, 0.15) is 6.04 Å². The Morgan fingerprint density at radius 3 is 2.05 bits per heavy atom.